The number of nitrogen functional groups attached to an aromatic ring is 1. The maximum absolute atomic E-state index is 13.3. The summed E-state index contributed by atoms with van der Waals surface area (Å²) in [5, 5.41) is 0. The van der Waals surface area contributed by atoms with Crippen molar-refractivity contribution >= 4 is 5.69 Å². The highest BCUT2D eigenvalue weighted by Crippen LogP contribution is 2.19. The number of hydrogen-bond donors (Lipinski definition) is 1. The Labute approximate surface area is 109 Å². The maximum atomic E-state index is 13.3. The van der Waals surface area contributed by atoms with E-state index in [0.717, 1.165) is 12.1 Å². The molecule has 0 saturated heterocycles. The van der Waals surface area contributed by atoms with Crippen LogP contribution in [0.25, 0.3) is 5.69 Å². The monoisotopic (exact) mass is 267 g/mol. The Morgan fingerprint density at radius 1 is 1.21 bits per heavy atom. The highest BCUT2D eigenvalue weighted by Gasteiger charge is 2.18. The van der Waals surface area contributed by atoms with Crippen LogP contribution in [-0.4, -0.2) is 9.36 Å². The first kappa shape index (κ1) is 13.3. The van der Waals surface area contributed by atoms with Crippen LogP contribution in [0.15, 0.2) is 23.0 Å². The Bertz CT molecular complexity index is 686. The van der Waals surface area contributed by atoms with Crippen LogP contribution in [-0.2, 0) is 0 Å². The first-order chi connectivity index (χ1) is 8.84. The quantitative estimate of drug-likeness (QED) is 0.908. The molecule has 0 amide bonds. The number of hydrogen-bond acceptors (Lipinski definition) is 2. The van der Waals surface area contributed by atoms with Crippen LogP contribution < -0.4 is 11.3 Å². The van der Waals surface area contributed by atoms with Crippen molar-refractivity contribution in [2.75, 3.05) is 5.73 Å². The highest BCUT2D eigenvalue weighted by molar-refractivity contribution is 5.45. The van der Waals surface area contributed by atoms with Gasteiger partial charge in [-0.1, -0.05) is 0 Å². The number of rotatable bonds is 2. The van der Waals surface area contributed by atoms with Crippen molar-refractivity contribution in [1.29, 1.82) is 0 Å². The van der Waals surface area contributed by atoms with Crippen LogP contribution in [0.4, 0.5) is 14.5 Å². The van der Waals surface area contributed by atoms with Crippen molar-refractivity contribution in [1.82, 2.24) is 9.36 Å². The van der Waals surface area contributed by atoms with Crippen LogP contribution >= 0.6 is 0 Å². The van der Waals surface area contributed by atoms with Crippen LogP contribution in [0.3, 0.4) is 0 Å². The van der Waals surface area contributed by atoms with Gasteiger partial charge in [0.15, 0.2) is 11.6 Å². The van der Waals surface area contributed by atoms with Gasteiger partial charge in [-0.2, -0.15) is 0 Å². The number of aromatic nitrogens is 2. The summed E-state index contributed by atoms with van der Waals surface area (Å²) in [5.74, 6) is -1.96. The molecule has 2 aromatic rings. The lowest BCUT2D eigenvalue weighted by atomic mass is 10.3. The second kappa shape index (κ2) is 4.53. The van der Waals surface area contributed by atoms with Crippen molar-refractivity contribution in [3.05, 3.63) is 45.9 Å². The van der Waals surface area contributed by atoms with Crippen molar-refractivity contribution in [3.8, 4) is 5.69 Å². The Kier molecular flexibility index (Phi) is 3.18. The van der Waals surface area contributed by atoms with Gasteiger partial charge >= 0.3 is 0 Å². The number of anilines is 1. The molecule has 0 saturated carbocycles. The van der Waals surface area contributed by atoms with Gasteiger partial charge in [0, 0.05) is 12.1 Å². The average molecular weight is 267 g/mol. The molecule has 0 bridgehead atoms. The normalized spacial score (nSPS) is 11.3. The molecule has 0 unspecified atom stereocenters. The van der Waals surface area contributed by atoms with Crippen LogP contribution in [0.5, 0.6) is 0 Å². The van der Waals surface area contributed by atoms with Crippen molar-refractivity contribution < 1.29 is 8.78 Å². The van der Waals surface area contributed by atoms with Gasteiger partial charge in [-0.3, -0.25) is 9.48 Å². The third kappa shape index (κ3) is 2.03. The summed E-state index contributed by atoms with van der Waals surface area (Å²) in [6.07, 6.45) is 0. The van der Waals surface area contributed by atoms with E-state index in [1.165, 1.54) is 10.7 Å². The molecule has 0 aliphatic carbocycles. The zero-order valence-electron chi connectivity index (χ0n) is 10.9. The first-order valence-electron chi connectivity index (χ1n) is 5.89. The van der Waals surface area contributed by atoms with Gasteiger partial charge in [-0.15, -0.1) is 0 Å². The van der Waals surface area contributed by atoms with Gasteiger partial charge in [-0.25, -0.2) is 13.5 Å². The standard InChI is InChI=1S/C13H15F2N3O/c1-7(2)17-8(3)12(16)13(19)18(17)9-4-5-10(14)11(15)6-9/h4-7H,16H2,1-3H3. The summed E-state index contributed by atoms with van der Waals surface area (Å²) in [6.45, 7) is 5.47. The summed E-state index contributed by atoms with van der Waals surface area (Å²) < 4.78 is 29.2. The minimum atomic E-state index is -1.00. The Morgan fingerprint density at radius 3 is 2.37 bits per heavy atom. The van der Waals surface area contributed by atoms with Gasteiger partial charge in [0.05, 0.1) is 11.4 Å². The van der Waals surface area contributed by atoms with E-state index in [-0.39, 0.29) is 17.4 Å². The maximum Gasteiger partial charge on any atom is 0.294 e. The van der Waals surface area contributed by atoms with E-state index in [1.807, 2.05) is 13.8 Å². The smallest absolute Gasteiger partial charge is 0.294 e. The third-order valence-corrected chi connectivity index (χ3v) is 3.01. The number of nitrogens with two attached hydrogens (primary N) is 1. The number of benzene rings is 1. The lowest BCUT2D eigenvalue weighted by Crippen LogP contribution is -2.23. The molecule has 6 heteroatoms. The van der Waals surface area contributed by atoms with Crippen molar-refractivity contribution in [2.45, 2.75) is 26.8 Å². The van der Waals surface area contributed by atoms with E-state index >= 15 is 0 Å². The molecule has 2 N–H and O–H groups in total. The van der Waals surface area contributed by atoms with Gasteiger partial charge in [-0.05, 0) is 32.9 Å². The van der Waals surface area contributed by atoms with Gasteiger partial charge < -0.3 is 5.73 Å². The van der Waals surface area contributed by atoms with E-state index in [0.29, 0.717) is 5.69 Å². The minimum absolute atomic E-state index is 0.0434. The largest absolute Gasteiger partial charge is 0.393 e. The SMILES string of the molecule is Cc1c(N)c(=O)n(-c2ccc(F)c(F)c2)n1C(C)C. The van der Waals surface area contributed by atoms with E-state index in [4.69, 9.17) is 5.73 Å². The number of halogens is 2. The Balaban J connectivity index is 2.78. The molecule has 0 spiro atoms. The lowest BCUT2D eigenvalue weighted by Gasteiger charge is -2.17. The summed E-state index contributed by atoms with van der Waals surface area (Å²) in [7, 11) is 0. The fourth-order valence-electron chi connectivity index (χ4n) is 2.12. The van der Waals surface area contributed by atoms with Crippen molar-refractivity contribution in [3.63, 3.8) is 0 Å². The van der Waals surface area contributed by atoms with Gasteiger partial charge in [0.2, 0.25) is 0 Å². The van der Waals surface area contributed by atoms with Gasteiger partial charge in [0.25, 0.3) is 5.56 Å². The molecule has 0 atom stereocenters. The molecule has 0 radical (unpaired) electrons. The zero-order valence-corrected chi connectivity index (χ0v) is 10.9. The fourth-order valence-corrected chi connectivity index (χ4v) is 2.12. The molecule has 2 rings (SSSR count). The lowest BCUT2D eigenvalue weighted by molar-refractivity contribution is 0.462. The summed E-state index contributed by atoms with van der Waals surface area (Å²) >= 11 is 0. The summed E-state index contributed by atoms with van der Waals surface area (Å²) in [4.78, 5) is 12.1. The first-order valence-corrected chi connectivity index (χ1v) is 5.89. The van der Waals surface area contributed by atoms with E-state index in [2.05, 4.69) is 0 Å². The second-order valence-electron chi connectivity index (χ2n) is 4.65. The van der Waals surface area contributed by atoms with Gasteiger partial charge in [0.1, 0.15) is 5.69 Å². The molecule has 1 aromatic carbocycles. The molecule has 0 fully saturated rings. The third-order valence-electron chi connectivity index (χ3n) is 3.01. The average Bonchev–Trinajstić information content (AvgIpc) is 2.57. The topological polar surface area (TPSA) is 53.0 Å². The van der Waals surface area contributed by atoms with Crippen molar-refractivity contribution in [2.24, 2.45) is 0 Å². The van der Waals surface area contributed by atoms with Crippen LogP contribution in [0.2, 0.25) is 0 Å². The Morgan fingerprint density at radius 2 is 1.84 bits per heavy atom. The Hall–Kier alpha value is -2.11. The van der Waals surface area contributed by atoms with E-state index in [1.54, 1.807) is 11.6 Å². The molecular weight excluding hydrogens is 252 g/mol. The number of nitrogens with zero attached hydrogens (tertiary/aromatic N) is 2. The molecular formula is C13H15F2N3O. The van der Waals surface area contributed by atoms with Crippen LogP contribution in [0, 0.1) is 18.6 Å². The molecule has 102 valence electrons. The predicted octanol–water partition coefficient (Wildman–Crippen LogP) is 2.39. The predicted molar refractivity (Wildman–Crippen MR) is 69.5 cm³/mol. The zero-order chi connectivity index (χ0) is 14.3. The minimum Gasteiger partial charge on any atom is -0.393 e. The fraction of sp³-hybridized carbons (Fsp3) is 0.308. The van der Waals surface area contributed by atoms with Crippen LogP contribution in [0.1, 0.15) is 25.6 Å². The second-order valence-corrected chi connectivity index (χ2v) is 4.65. The summed E-state index contributed by atoms with van der Waals surface area (Å²) in [6, 6.07) is 3.27. The molecule has 0 aliphatic heterocycles. The summed E-state index contributed by atoms with van der Waals surface area (Å²) in [5.41, 5.74) is 6.25. The molecule has 1 aromatic heterocycles. The molecule has 4 nitrogen and oxygen atoms in total. The highest BCUT2D eigenvalue weighted by atomic mass is 19.2. The molecule has 19 heavy (non-hydrogen) atoms. The molecule has 0 aliphatic rings. The van der Waals surface area contributed by atoms with E-state index < -0.39 is 17.2 Å². The van der Waals surface area contributed by atoms with E-state index in [9.17, 15) is 13.6 Å². The molecule has 1 heterocycles.